The molecule has 0 aliphatic heterocycles. The molecular formula is C34H30N2. The second-order valence-electron chi connectivity index (χ2n) is 9.46. The molecule has 0 aliphatic carbocycles. The Balaban J connectivity index is 1.56. The second kappa shape index (κ2) is 9.39. The molecule has 176 valence electrons. The van der Waals surface area contributed by atoms with Crippen molar-refractivity contribution >= 4 is 38.9 Å². The van der Waals surface area contributed by atoms with Crippen LogP contribution in [0.3, 0.4) is 0 Å². The molecule has 0 saturated carbocycles. The normalized spacial score (nSPS) is 12.2. The average molecular weight is 467 g/mol. The van der Waals surface area contributed by atoms with Crippen molar-refractivity contribution in [2.45, 2.75) is 26.2 Å². The minimum Gasteiger partial charge on any atom is -0.310 e. The predicted octanol–water partition coefficient (Wildman–Crippen LogP) is 9.77. The summed E-state index contributed by atoms with van der Waals surface area (Å²) >= 11 is 0. The molecule has 0 amide bonds. The van der Waals surface area contributed by atoms with Crippen molar-refractivity contribution < 1.29 is 0 Å². The van der Waals surface area contributed by atoms with Crippen molar-refractivity contribution in [2.24, 2.45) is 0 Å². The first kappa shape index (κ1) is 22.2. The van der Waals surface area contributed by atoms with E-state index in [1.165, 1.54) is 27.4 Å². The third-order valence-electron chi connectivity index (χ3n) is 7.25. The van der Waals surface area contributed by atoms with E-state index >= 15 is 0 Å². The predicted molar refractivity (Wildman–Crippen MR) is 154 cm³/mol. The van der Waals surface area contributed by atoms with Crippen LogP contribution in [0.25, 0.3) is 27.5 Å². The van der Waals surface area contributed by atoms with Gasteiger partial charge in [0.2, 0.25) is 0 Å². The zero-order valence-corrected chi connectivity index (χ0v) is 20.8. The van der Waals surface area contributed by atoms with Crippen molar-refractivity contribution in [1.29, 1.82) is 0 Å². The van der Waals surface area contributed by atoms with E-state index in [1.807, 2.05) is 0 Å². The van der Waals surface area contributed by atoms with Crippen LogP contribution >= 0.6 is 0 Å². The SMILES string of the molecule is CCC(C)c1ccc2c(c1)c1ccccc1n2-c1cccc(N(c2ccccc2)c2ccccc2)c1. The Bertz CT molecular complexity index is 1590. The Labute approximate surface area is 213 Å². The van der Waals surface area contributed by atoms with E-state index in [0.29, 0.717) is 5.92 Å². The molecule has 1 heterocycles. The quantitative estimate of drug-likeness (QED) is 0.237. The fourth-order valence-electron chi connectivity index (χ4n) is 5.18. The molecule has 0 N–H and O–H groups in total. The first-order valence-electron chi connectivity index (χ1n) is 12.8. The summed E-state index contributed by atoms with van der Waals surface area (Å²) in [5, 5.41) is 2.61. The van der Waals surface area contributed by atoms with Gasteiger partial charge in [0.1, 0.15) is 0 Å². The molecule has 0 saturated heterocycles. The summed E-state index contributed by atoms with van der Waals surface area (Å²) in [4.78, 5) is 2.32. The van der Waals surface area contributed by atoms with E-state index in [9.17, 15) is 0 Å². The van der Waals surface area contributed by atoms with Gasteiger partial charge in [0.05, 0.1) is 11.0 Å². The van der Waals surface area contributed by atoms with Crippen molar-refractivity contribution in [2.75, 3.05) is 4.90 Å². The summed E-state index contributed by atoms with van der Waals surface area (Å²) in [6.45, 7) is 4.57. The zero-order chi connectivity index (χ0) is 24.5. The summed E-state index contributed by atoms with van der Waals surface area (Å²) in [6.07, 6.45) is 1.14. The first-order chi connectivity index (χ1) is 17.7. The van der Waals surface area contributed by atoms with Crippen LogP contribution in [0, 0.1) is 0 Å². The molecule has 0 bridgehead atoms. The number of nitrogens with zero attached hydrogens (tertiary/aromatic N) is 2. The van der Waals surface area contributed by atoms with Crippen LogP contribution < -0.4 is 4.90 Å². The van der Waals surface area contributed by atoms with Gasteiger partial charge in [-0.25, -0.2) is 0 Å². The van der Waals surface area contributed by atoms with Crippen LogP contribution in [-0.2, 0) is 0 Å². The molecule has 36 heavy (non-hydrogen) atoms. The van der Waals surface area contributed by atoms with Gasteiger partial charge in [-0.05, 0) is 78.6 Å². The Hall–Kier alpha value is -4.30. The maximum absolute atomic E-state index is 2.41. The summed E-state index contributed by atoms with van der Waals surface area (Å²) in [5.41, 5.74) is 8.45. The smallest absolute Gasteiger partial charge is 0.0541 e. The topological polar surface area (TPSA) is 8.17 Å². The van der Waals surface area contributed by atoms with Crippen LogP contribution in [-0.4, -0.2) is 4.57 Å². The number of benzene rings is 5. The Kier molecular flexibility index (Phi) is 5.79. The molecule has 2 nitrogen and oxygen atoms in total. The van der Waals surface area contributed by atoms with Crippen molar-refractivity contribution in [1.82, 2.24) is 4.57 Å². The van der Waals surface area contributed by atoms with E-state index in [-0.39, 0.29) is 0 Å². The van der Waals surface area contributed by atoms with Gasteiger partial charge in [-0.3, -0.25) is 0 Å². The number of aromatic nitrogens is 1. The monoisotopic (exact) mass is 466 g/mol. The molecule has 6 rings (SSSR count). The summed E-state index contributed by atoms with van der Waals surface area (Å²) in [5.74, 6) is 0.546. The van der Waals surface area contributed by atoms with Gasteiger partial charge in [-0.1, -0.05) is 80.6 Å². The minimum absolute atomic E-state index is 0.546. The number of hydrogen-bond acceptors (Lipinski definition) is 1. The standard InChI is InChI=1S/C34H30N2/c1-3-25(2)26-21-22-34-32(23-26)31-19-10-11-20-33(31)36(34)30-18-12-17-29(24-30)35(27-13-6-4-7-14-27)28-15-8-5-9-16-28/h4-25H,3H2,1-2H3. The highest BCUT2D eigenvalue weighted by molar-refractivity contribution is 6.09. The number of fused-ring (bicyclic) bond motifs is 3. The van der Waals surface area contributed by atoms with Gasteiger partial charge in [0, 0.05) is 33.5 Å². The number of rotatable bonds is 6. The second-order valence-corrected chi connectivity index (χ2v) is 9.46. The lowest BCUT2D eigenvalue weighted by Crippen LogP contribution is -2.10. The van der Waals surface area contributed by atoms with Gasteiger partial charge in [-0.2, -0.15) is 0 Å². The lowest BCUT2D eigenvalue weighted by atomic mass is 9.97. The van der Waals surface area contributed by atoms with Crippen LogP contribution in [0.4, 0.5) is 17.1 Å². The third kappa shape index (κ3) is 3.85. The fourth-order valence-corrected chi connectivity index (χ4v) is 5.18. The van der Waals surface area contributed by atoms with E-state index in [4.69, 9.17) is 0 Å². The highest BCUT2D eigenvalue weighted by atomic mass is 15.1. The molecule has 2 heteroatoms. The Morgan fingerprint density at radius 1 is 0.583 bits per heavy atom. The molecular weight excluding hydrogens is 436 g/mol. The lowest BCUT2D eigenvalue weighted by molar-refractivity contribution is 0.735. The highest BCUT2D eigenvalue weighted by Crippen LogP contribution is 2.38. The van der Waals surface area contributed by atoms with E-state index < -0.39 is 0 Å². The van der Waals surface area contributed by atoms with Crippen molar-refractivity contribution in [3.8, 4) is 5.69 Å². The third-order valence-corrected chi connectivity index (χ3v) is 7.25. The lowest BCUT2D eigenvalue weighted by Gasteiger charge is -2.26. The Morgan fingerprint density at radius 3 is 1.89 bits per heavy atom. The van der Waals surface area contributed by atoms with E-state index in [2.05, 4.69) is 151 Å². The van der Waals surface area contributed by atoms with Gasteiger partial charge in [-0.15, -0.1) is 0 Å². The molecule has 1 unspecified atom stereocenters. The minimum atomic E-state index is 0.546. The average Bonchev–Trinajstić information content (AvgIpc) is 3.28. The van der Waals surface area contributed by atoms with E-state index in [1.54, 1.807) is 0 Å². The first-order valence-corrected chi connectivity index (χ1v) is 12.8. The number of anilines is 3. The van der Waals surface area contributed by atoms with Crippen LogP contribution in [0.15, 0.2) is 127 Å². The summed E-state index contributed by atoms with van der Waals surface area (Å²) < 4.78 is 2.41. The molecule has 5 aromatic carbocycles. The van der Waals surface area contributed by atoms with Gasteiger partial charge >= 0.3 is 0 Å². The molecule has 6 aromatic rings. The summed E-state index contributed by atoms with van der Waals surface area (Å²) in [7, 11) is 0. The van der Waals surface area contributed by atoms with Crippen molar-refractivity contribution in [3.63, 3.8) is 0 Å². The van der Waals surface area contributed by atoms with Gasteiger partial charge in [0.25, 0.3) is 0 Å². The maximum atomic E-state index is 2.41. The van der Waals surface area contributed by atoms with Gasteiger partial charge < -0.3 is 9.47 Å². The van der Waals surface area contributed by atoms with Crippen LogP contribution in [0.2, 0.25) is 0 Å². The number of hydrogen-bond donors (Lipinski definition) is 0. The molecule has 0 fully saturated rings. The fraction of sp³-hybridized carbons (Fsp3) is 0.118. The van der Waals surface area contributed by atoms with Crippen molar-refractivity contribution in [3.05, 3.63) is 133 Å². The largest absolute Gasteiger partial charge is 0.310 e. The zero-order valence-electron chi connectivity index (χ0n) is 20.8. The van der Waals surface area contributed by atoms with Crippen LogP contribution in [0.5, 0.6) is 0 Å². The maximum Gasteiger partial charge on any atom is 0.0541 e. The molecule has 1 aromatic heterocycles. The molecule has 1 atom stereocenters. The molecule has 0 radical (unpaired) electrons. The molecule has 0 spiro atoms. The van der Waals surface area contributed by atoms with Gasteiger partial charge in [0.15, 0.2) is 0 Å². The highest BCUT2D eigenvalue weighted by Gasteiger charge is 2.16. The Morgan fingerprint density at radius 2 is 1.19 bits per heavy atom. The molecule has 0 aliphatic rings. The summed E-state index contributed by atoms with van der Waals surface area (Å²) in [6, 6.07) is 45.8. The van der Waals surface area contributed by atoms with E-state index in [0.717, 1.165) is 29.2 Å². The van der Waals surface area contributed by atoms with Crippen LogP contribution in [0.1, 0.15) is 31.7 Å². The number of para-hydroxylation sites is 3.